The summed E-state index contributed by atoms with van der Waals surface area (Å²) in [5, 5.41) is 2.88. The molecule has 1 aliphatic heterocycles. The molecule has 3 heterocycles. The van der Waals surface area contributed by atoms with Gasteiger partial charge in [0.1, 0.15) is 5.56 Å². The molecule has 0 radical (unpaired) electrons. The van der Waals surface area contributed by atoms with Crippen molar-refractivity contribution in [1.82, 2.24) is 14.7 Å². The molecule has 1 aliphatic rings. The summed E-state index contributed by atoms with van der Waals surface area (Å²) in [7, 11) is 0. The molecule has 1 N–H and O–H groups in total. The molecular weight excluding hydrogens is 290 g/mol. The van der Waals surface area contributed by atoms with Crippen LogP contribution in [0.25, 0.3) is 4.96 Å². The van der Waals surface area contributed by atoms with Gasteiger partial charge in [-0.3, -0.25) is 14.0 Å². The molecule has 1 unspecified atom stereocenters. The topological polar surface area (TPSA) is 72.7 Å². The van der Waals surface area contributed by atoms with Crippen LogP contribution in [-0.2, 0) is 4.74 Å². The number of ether oxygens (including phenoxy) is 1. The molecule has 0 aromatic carbocycles. The highest BCUT2D eigenvalue weighted by molar-refractivity contribution is 7.16. The van der Waals surface area contributed by atoms with Crippen LogP contribution in [0.3, 0.4) is 0 Å². The number of nitrogens with one attached hydrogen (secondary N) is 1. The smallest absolute Gasteiger partial charge is 0.271 e. The second-order valence-electron chi connectivity index (χ2n) is 5.74. The van der Waals surface area contributed by atoms with Crippen LogP contribution in [0.1, 0.15) is 35.5 Å². The van der Waals surface area contributed by atoms with Crippen LogP contribution in [0, 0.1) is 6.92 Å². The van der Waals surface area contributed by atoms with Crippen LogP contribution >= 0.6 is 11.3 Å². The van der Waals surface area contributed by atoms with Crippen LogP contribution in [0.4, 0.5) is 0 Å². The first kappa shape index (κ1) is 14.2. The largest absolute Gasteiger partial charge is 0.373 e. The fourth-order valence-electron chi connectivity index (χ4n) is 2.52. The molecule has 1 atom stereocenters. The summed E-state index contributed by atoms with van der Waals surface area (Å²) in [6, 6.07) is -0.102. The number of carbonyl (C=O) groups excluding carboxylic acids is 1. The fourth-order valence-corrected chi connectivity index (χ4v) is 3.31. The number of thiazole rings is 1. The Balaban J connectivity index is 1.91. The van der Waals surface area contributed by atoms with Gasteiger partial charge in [0.2, 0.25) is 0 Å². The second-order valence-corrected chi connectivity index (χ2v) is 6.95. The zero-order chi connectivity index (χ0) is 15.2. The molecule has 1 fully saturated rings. The van der Waals surface area contributed by atoms with Gasteiger partial charge in [-0.2, -0.15) is 0 Å². The molecule has 7 heteroatoms. The fraction of sp³-hybridized carbons (Fsp3) is 0.500. The highest BCUT2D eigenvalue weighted by Gasteiger charge is 2.37. The Bertz CT molecular complexity index is 762. The first-order valence-corrected chi connectivity index (χ1v) is 7.63. The SMILES string of the molecule is Cc1cn2c(=O)c(C(=O)NC3CCOC3(C)C)cnc2s1. The molecule has 0 bridgehead atoms. The predicted molar refractivity (Wildman–Crippen MR) is 80.0 cm³/mol. The Morgan fingerprint density at radius 2 is 2.33 bits per heavy atom. The van der Waals surface area contributed by atoms with Crippen molar-refractivity contribution < 1.29 is 9.53 Å². The van der Waals surface area contributed by atoms with Crippen LogP contribution in [-0.4, -0.2) is 33.5 Å². The molecule has 0 spiro atoms. The number of rotatable bonds is 2. The Morgan fingerprint density at radius 1 is 1.57 bits per heavy atom. The van der Waals surface area contributed by atoms with Crippen molar-refractivity contribution in [3.8, 4) is 0 Å². The van der Waals surface area contributed by atoms with Gasteiger partial charge in [0.15, 0.2) is 4.96 Å². The maximum atomic E-state index is 12.4. The molecule has 6 nitrogen and oxygen atoms in total. The van der Waals surface area contributed by atoms with E-state index in [1.807, 2.05) is 20.8 Å². The normalized spacial score (nSPS) is 20.8. The molecule has 0 aliphatic carbocycles. The van der Waals surface area contributed by atoms with Crippen LogP contribution < -0.4 is 10.9 Å². The molecule has 0 saturated carbocycles. The van der Waals surface area contributed by atoms with Gasteiger partial charge < -0.3 is 10.1 Å². The highest BCUT2D eigenvalue weighted by atomic mass is 32.1. The van der Waals surface area contributed by atoms with E-state index in [1.165, 1.54) is 21.9 Å². The lowest BCUT2D eigenvalue weighted by Gasteiger charge is -2.26. The number of nitrogens with zero attached hydrogens (tertiary/aromatic N) is 2. The Kier molecular flexibility index (Phi) is 3.33. The van der Waals surface area contributed by atoms with Crippen LogP contribution in [0.5, 0.6) is 0 Å². The lowest BCUT2D eigenvalue weighted by atomic mass is 9.99. The highest BCUT2D eigenvalue weighted by Crippen LogP contribution is 2.25. The summed E-state index contributed by atoms with van der Waals surface area (Å²) in [6.45, 7) is 6.37. The first-order chi connectivity index (χ1) is 9.88. The number of fused-ring (bicyclic) bond motifs is 1. The van der Waals surface area contributed by atoms with E-state index in [0.29, 0.717) is 11.6 Å². The second kappa shape index (κ2) is 4.92. The predicted octanol–water partition coefficient (Wildman–Crippen LogP) is 1.36. The average Bonchev–Trinajstić information content (AvgIpc) is 2.93. The van der Waals surface area contributed by atoms with Crippen molar-refractivity contribution in [2.24, 2.45) is 0 Å². The Hall–Kier alpha value is -1.73. The molecule has 21 heavy (non-hydrogen) atoms. The quantitative estimate of drug-likeness (QED) is 0.909. The van der Waals surface area contributed by atoms with Gasteiger partial charge >= 0.3 is 0 Å². The summed E-state index contributed by atoms with van der Waals surface area (Å²) in [6.07, 6.45) is 3.80. The maximum Gasteiger partial charge on any atom is 0.271 e. The third kappa shape index (κ3) is 2.47. The number of aromatic nitrogens is 2. The van der Waals surface area contributed by atoms with Crippen LogP contribution in [0.15, 0.2) is 17.2 Å². The third-order valence-electron chi connectivity index (χ3n) is 3.79. The number of carbonyl (C=O) groups is 1. The van der Waals surface area contributed by atoms with Gasteiger partial charge in [0, 0.05) is 23.9 Å². The molecular formula is C14H17N3O3S. The lowest BCUT2D eigenvalue weighted by Crippen LogP contribution is -2.47. The summed E-state index contributed by atoms with van der Waals surface area (Å²) in [5.41, 5.74) is -0.686. The molecule has 1 amide bonds. The standard InChI is InChI=1S/C14H17N3O3S/c1-8-7-17-12(19)9(6-15-13(17)21-8)11(18)16-10-4-5-20-14(10,2)3/h6-7,10H,4-5H2,1-3H3,(H,16,18). The van der Waals surface area contributed by atoms with Crippen molar-refractivity contribution in [3.05, 3.63) is 33.2 Å². The average molecular weight is 307 g/mol. The lowest BCUT2D eigenvalue weighted by molar-refractivity contribution is 0.0212. The molecule has 112 valence electrons. The number of hydrogen-bond donors (Lipinski definition) is 1. The van der Waals surface area contributed by atoms with E-state index < -0.39 is 11.5 Å². The first-order valence-electron chi connectivity index (χ1n) is 6.81. The van der Waals surface area contributed by atoms with E-state index in [1.54, 1.807) is 6.20 Å². The number of amides is 1. The minimum atomic E-state index is -0.414. The summed E-state index contributed by atoms with van der Waals surface area (Å²) in [4.78, 5) is 30.5. The van der Waals surface area contributed by atoms with Gasteiger partial charge in [0.25, 0.3) is 11.5 Å². The van der Waals surface area contributed by atoms with E-state index in [-0.39, 0.29) is 17.2 Å². The summed E-state index contributed by atoms with van der Waals surface area (Å²) < 4.78 is 7.00. The van der Waals surface area contributed by atoms with E-state index in [4.69, 9.17) is 4.74 Å². The Labute approximate surface area is 125 Å². The van der Waals surface area contributed by atoms with Gasteiger partial charge in [-0.25, -0.2) is 4.98 Å². The molecule has 1 saturated heterocycles. The minimum absolute atomic E-state index is 0.0630. The number of hydrogen-bond acceptors (Lipinski definition) is 5. The van der Waals surface area contributed by atoms with E-state index in [0.717, 1.165) is 11.3 Å². The zero-order valence-corrected chi connectivity index (χ0v) is 13.0. The van der Waals surface area contributed by atoms with E-state index >= 15 is 0 Å². The number of aryl methyl sites for hydroxylation is 1. The minimum Gasteiger partial charge on any atom is -0.373 e. The van der Waals surface area contributed by atoms with Crippen molar-refractivity contribution >= 4 is 22.2 Å². The zero-order valence-electron chi connectivity index (χ0n) is 12.2. The van der Waals surface area contributed by atoms with Crippen molar-refractivity contribution in [2.45, 2.75) is 38.8 Å². The Morgan fingerprint density at radius 3 is 3.00 bits per heavy atom. The third-order valence-corrected chi connectivity index (χ3v) is 4.70. The van der Waals surface area contributed by atoms with Gasteiger partial charge in [-0.05, 0) is 27.2 Å². The van der Waals surface area contributed by atoms with Gasteiger partial charge in [-0.1, -0.05) is 0 Å². The maximum absolute atomic E-state index is 12.4. The van der Waals surface area contributed by atoms with Crippen molar-refractivity contribution in [3.63, 3.8) is 0 Å². The molecule has 3 rings (SSSR count). The monoisotopic (exact) mass is 307 g/mol. The summed E-state index contributed by atoms with van der Waals surface area (Å²) in [5.74, 6) is -0.394. The summed E-state index contributed by atoms with van der Waals surface area (Å²) >= 11 is 1.42. The van der Waals surface area contributed by atoms with Gasteiger partial charge in [-0.15, -0.1) is 11.3 Å². The van der Waals surface area contributed by atoms with Crippen molar-refractivity contribution in [1.29, 1.82) is 0 Å². The van der Waals surface area contributed by atoms with E-state index in [9.17, 15) is 9.59 Å². The van der Waals surface area contributed by atoms with Crippen LogP contribution in [0.2, 0.25) is 0 Å². The van der Waals surface area contributed by atoms with Crippen molar-refractivity contribution in [2.75, 3.05) is 6.61 Å². The molecule has 2 aromatic heterocycles. The molecule has 2 aromatic rings. The van der Waals surface area contributed by atoms with Gasteiger partial charge in [0.05, 0.1) is 11.6 Å². The van der Waals surface area contributed by atoms with E-state index in [2.05, 4.69) is 10.3 Å².